The van der Waals surface area contributed by atoms with Crippen LogP contribution in [0.3, 0.4) is 0 Å². The summed E-state index contributed by atoms with van der Waals surface area (Å²) in [4.78, 5) is 17.7. The Kier molecular flexibility index (Phi) is 5.21. The van der Waals surface area contributed by atoms with Gasteiger partial charge in [0.2, 0.25) is 0 Å². The Bertz CT molecular complexity index is 1120. The molecule has 134 valence electrons. The fourth-order valence-corrected chi connectivity index (χ4v) is 3.63. The number of nitrogens with zero attached hydrogens (tertiary/aromatic N) is 2. The van der Waals surface area contributed by atoms with Gasteiger partial charge in [-0.2, -0.15) is 0 Å². The van der Waals surface area contributed by atoms with Gasteiger partial charge in [-0.3, -0.25) is 9.36 Å². The Labute approximate surface area is 161 Å². The zero-order valence-corrected chi connectivity index (χ0v) is 15.4. The quantitative estimate of drug-likeness (QED) is 0.358. The van der Waals surface area contributed by atoms with Gasteiger partial charge in [-0.1, -0.05) is 66.4 Å². The minimum atomic E-state index is -0.0495. The standard InChI is InChI=1S/C22H18N2O2S/c25-21-19-12-4-5-13-20(19)23-22(24(21)16-18-11-6-14-26-18)27-15-7-10-17-8-2-1-3-9-17/h1-14H,15-16H2/b10-7+. The van der Waals surface area contributed by atoms with Crippen molar-refractivity contribution in [3.05, 3.63) is 101 Å². The first-order valence-corrected chi connectivity index (χ1v) is 9.66. The molecule has 0 aliphatic heterocycles. The largest absolute Gasteiger partial charge is 0.467 e. The first-order valence-electron chi connectivity index (χ1n) is 8.67. The molecule has 4 rings (SSSR count). The third-order valence-corrected chi connectivity index (χ3v) is 5.07. The Balaban J connectivity index is 1.63. The van der Waals surface area contributed by atoms with Crippen LogP contribution in [0.15, 0.2) is 93.4 Å². The lowest BCUT2D eigenvalue weighted by atomic mass is 10.2. The molecule has 2 aromatic carbocycles. The van der Waals surface area contributed by atoms with Gasteiger partial charge in [-0.05, 0) is 29.8 Å². The fourth-order valence-electron chi connectivity index (χ4n) is 2.83. The lowest BCUT2D eigenvalue weighted by Gasteiger charge is -2.11. The predicted octanol–water partition coefficient (Wildman–Crippen LogP) is 4.84. The first kappa shape index (κ1) is 17.4. The number of benzene rings is 2. The van der Waals surface area contributed by atoms with Gasteiger partial charge in [0, 0.05) is 5.75 Å². The third-order valence-electron chi connectivity index (χ3n) is 4.14. The number of aromatic nitrogens is 2. The second-order valence-corrected chi connectivity index (χ2v) is 6.99. The molecular weight excluding hydrogens is 356 g/mol. The van der Waals surface area contributed by atoms with Gasteiger partial charge in [0.15, 0.2) is 5.16 Å². The monoisotopic (exact) mass is 374 g/mol. The number of rotatable bonds is 6. The second-order valence-electron chi connectivity index (χ2n) is 6.01. The molecule has 0 spiro atoms. The fraction of sp³-hybridized carbons (Fsp3) is 0.0909. The van der Waals surface area contributed by atoms with Crippen molar-refractivity contribution in [3.63, 3.8) is 0 Å². The van der Waals surface area contributed by atoms with E-state index < -0.39 is 0 Å². The van der Waals surface area contributed by atoms with Crippen LogP contribution in [0, 0.1) is 0 Å². The predicted molar refractivity (Wildman–Crippen MR) is 110 cm³/mol. The Morgan fingerprint density at radius 3 is 2.63 bits per heavy atom. The number of fused-ring (bicyclic) bond motifs is 1. The van der Waals surface area contributed by atoms with E-state index in [-0.39, 0.29) is 5.56 Å². The van der Waals surface area contributed by atoms with E-state index >= 15 is 0 Å². The molecule has 0 fully saturated rings. The lowest BCUT2D eigenvalue weighted by Crippen LogP contribution is -2.23. The van der Waals surface area contributed by atoms with Gasteiger partial charge < -0.3 is 4.42 Å². The van der Waals surface area contributed by atoms with Gasteiger partial charge in [0.1, 0.15) is 5.76 Å². The van der Waals surface area contributed by atoms with E-state index in [1.165, 1.54) is 0 Å². The molecule has 2 aromatic heterocycles. The third kappa shape index (κ3) is 4.04. The van der Waals surface area contributed by atoms with Crippen LogP contribution in [0.2, 0.25) is 0 Å². The van der Waals surface area contributed by atoms with Crippen LogP contribution < -0.4 is 5.56 Å². The SMILES string of the molecule is O=c1c2ccccc2nc(SC/C=C/c2ccccc2)n1Cc1ccco1. The van der Waals surface area contributed by atoms with Crippen molar-refractivity contribution in [2.45, 2.75) is 11.7 Å². The van der Waals surface area contributed by atoms with Crippen molar-refractivity contribution < 1.29 is 4.42 Å². The van der Waals surface area contributed by atoms with Crippen LogP contribution in [0.25, 0.3) is 17.0 Å². The molecule has 0 atom stereocenters. The highest BCUT2D eigenvalue weighted by molar-refractivity contribution is 7.99. The van der Waals surface area contributed by atoms with E-state index in [1.54, 1.807) is 22.6 Å². The minimum absolute atomic E-state index is 0.0495. The molecule has 4 nitrogen and oxygen atoms in total. The average Bonchev–Trinajstić information content (AvgIpc) is 3.22. The van der Waals surface area contributed by atoms with Crippen molar-refractivity contribution in [3.8, 4) is 0 Å². The number of hydrogen-bond donors (Lipinski definition) is 0. The van der Waals surface area contributed by atoms with E-state index in [9.17, 15) is 4.79 Å². The molecule has 27 heavy (non-hydrogen) atoms. The maximum absolute atomic E-state index is 13.0. The molecule has 0 unspecified atom stereocenters. The maximum Gasteiger partial charge on any atom is 0.262 e. The van der Waals surface area contributed by atoms with Gasteiger partial charge in [0.05, 0.1) is 23.7 Å². The Morgan fingerprint density at radius 1 is 1.00 bits per heavy atom. The molecule has 0 radical (unpaired) electrons. The zero-order chi connectivity index (χ0) is 18.5. The van der Waals surface area contributed by atoms with Crippen LogP contribution >= 0.6 is 11.8 Å². The normalized spacial score (nSPS) is 11.4. The van der Waals surface area contributed by atoms with Gasteiger partial charge in [-0.15, -0.1) is 0 Å². The van der Waals surface area contributed by atoms with Crippen LogP contribution in [-0.2, 0) is 6.54 Å². The van der Waals surface area contributed by atoms with E-state index in [4.69, 9.17) is 9.40 Å². The molecule has 0 N–H and O–H groups in total. The number of furan rings is 1. The molecule has 0 amide bonds. The summed E-state index contributed by atoms with van der Waals surface area (Å²) in [6.45, 7) is 0.369. The van der Waals surface area contributed by atoms with E-state index in [1.807, 2.05) is 54.6 Å². The summed E-state index contributed by atoms with van der Waals surface area (Å²) in [7, 11) is 0. The van der Waals surface area contributed by atoms with E-state index in [2.05, 4.69) is 24.3 Å². The number of hydrogen-bond acceptors (Lipinski definition) is 4. The van der Waals surface area contributed by atoms with Crippen molar-refractivity contribution in [2.75, 3.05) is 5.75 Å². The van der Waals surface area contributed by atoms with Crippen LogP contribution in [0.4, 0.5) is 0 Å². The van der Waals surface area contributed by atoms with Crippen LogP contribution in [0.1, 0.15) is 11.3 Å². The first-order chi connectivity index (χ1) is 13.3. The highest BCUT2D eigenvalue weighted by Gasteiger charge is 2.12. The molecular formula is C22H18N2O2S. The molecule has 0 aliphatic carbocycles. The van der Waals surface area contributed by atoms with Crippen LogP contribution in [0.5, 0.6) is 0 Å². The average molecular weight is 374 g/mol. The second kappa shape index (κ2) is 8.10. The van der Waals surface area contributed by atoms with Crippen molar-refractivity contribution in [2.24, 2.45) is 0 Å². The summed E-state index contributed by atoms with van der Waals surface area (Å²) in [6, 6.07) is 21.3. The molecule has 0 saturated heterocycles. The summed E-state index contributed by atoms with van der Waals surface area (Å²) in [5, 5.41) is 1.31. The Hall–Kier alpha value is -3.05. The smallest absolute Gasteiger partial charge is 0.262 e. The Morgan fingerprint density at radius 2 is 1.81 bits per heavy atom. The molecule has 0 saturated carbocycles. The van der Waals surface area contributed by atoms with Gasteiger partial charge >= 0.3 is 0 Å². The highest BCUT2D eigenvalue weighted by atomic mass is 32.2. The zero-order valence-electron chi connectivity index (χ0n) is 14.6. The lowest BCUT2D eigenvalue weighted by molar-refractivity contribution is 0.476. The van der Waals surface area contributed by atoms with Crippen LogP contribution in [-0.4, -0.2) is 15.3 Å². The van der Waals surface area contributed by atoms with Gasteiger partial charge in [-0.25, -0.2) is 4.98 Å². The highest BCUT2D eigenvalue weighted by Crippen LogP contribution is 2.19. The molecule has 0 aliphatic rings. The maximum atomic E-state index is 13.0. The summed E-state index contributed by atoms with van der Waals surface area (Å²) in [6.07, 6.45) is 5.77. The summed E-state index contributed by atoms with van der Waals surface area (Å²) < 4.78 is 7.11. The molecule has 2 heterocycles. The van der Waals surface area contributed by atoms with E-state index in [0.29, 0.717) is 22.6 Å². The molecule has 5 heteroatoms. The number of thioether (sulfide) groups is 1. The summed E-state index contributed by atoms with van der Waals surface area (Å²) in [5.74, 6) is 1.45. The summed E-state index contributed by atoms with van der Waals surface area (Å²) in [5.41, 5.74) is 1.82. The molecule has 0 bridgehead atoms. The van der Waals surface area contributed by atoms with Crippen molar-refractivity contribution >= 4 is 28.7 Å². The van der Waals surface area contributed by atoms with Crippen molar-refractivity contribution in [1.82, 2.24) is 9.55 Å². The minimum Gasteiger partial charge on any atom is -0.467 e. The number of para-hydroxylation sites is 1. The molecule has 4 aromatic rings. The van der Waals surface area contributed by atoms with Crippen molar-refractivity contribution in [1.29, 1.82) is 0 Å². The van der Waals surface area contributed by atoms with Gasteiger partial charge in [0.25, 0.3) is 5.56 Å². The topological polar surface area (TPSA) is 48.0 Å². The summed E-state index contributed by atoms with van der Waals surface area (Å²) >= 11 is 1.54. The van der Waals surface area contributed by atoms with E-state index in [0.717, 1.165) is 17.1 Å².